The molecular weight excluding hydrogens is 568 g/mol. The van der Waals surface area contributed by atoms with Crippen LogP contribution in [0.4, 0.5) is 0 Å². The first-order chi connectivity index (χ1) is 13.4. The number of carbonyl (C=O) groups excluding carboxylic acids is 2. The highest BCUT2D eigenvalue weighted by molar-refractivity contribution is 9.20. The van der Waals surface area contributed by atoms with Gasteiger partial charge >= 0.3 is 5.97 Å². The highest BCUT2D eigenvalue weighted by atomic mass is 79.9. The monoisotopic (exact) mass is 592 g/mol. The molecule has 0 aromatic heterocycles. The zero-order valence-electron chi connectivity index (χ0n) is 17.0. The van der Waals surface area contributed by atoms with E-state index < -0.39 is 8.65 Å². The number of aliphatic hydroxyl groups excluding tert-OH is 1. The number of rotatable bonds is 5. The summed E-state index contributed by atoms with van der Waals surface area (Å²) in [4.78, 5) is 21.7. The second-order valence-electron chi connectivity index (χ2n) is 6.92. The van der Waals surface area contributed by atoms with Gasteiger partial charge in [-0.25, -0.2) is 0 Å². The topological polar surface area (TPSA) is 63.6 Å². The molecule has 0 saturated heterocycles. The summed E-state index contributed by atoms with van der Waals surface area (Å²) in [7, 11) is 0. The van der Waals surface area contributed by atoms with Crippen molar-refractivity contribution in [2.24, 2.45) is 0 Å². The Bertz CT molecular complexity index is 721. The van der Waals surface area contributed by atoms with Crippen molar-refractivity contribution >= 4 is 58.5 Å². The molecule has 4 nitrogen and oxygen atoms in total. The minimum absolute atomic E-state index is 0.0278. The zero-order valence-corrected chi connectivity index (χ0v) is 21.8. The lowest BCUT2D eigenvalue weighted by atomic mass is 10.2. The van der Waals surface area contributed by atoms with E-state index in [-0.39, 0.29) is 17.3 Å². The highest BCUT2D eigenvalue weighted by Crippen LogP contribution is 2.19. The predicted octanol–water partition coefficient (Wildman–Crippen LogP) is 6.16. The summed E-state index contributed by atoms with van der Waals surface area (Å²) in [6.45, 7) is 7.56. The quantitative estimate of drug-likeness (QED) is 0.256. The molecule has 0 aliphatic carbocycles. The Labute approximate surface area is 198 Å². The summed E-state index contributed by atoms with van der Waals surface area (Å²) in [6.07, 6.45) is 0. The fraction of sp³-hybridized carbons (Fsp3) is 0.364. The number of ether oxygens (including phenoxy) is 1. The van der Waals surface area contributed by atoms with E-state index >= 15 is 0 Å². The van der Waals surface area contributed by atoms with Crippen LogP contribution in [-0.2, 0) is 27.5 Å². The lowest BCUT2D eigenvalue weighted by Crippen LogP contribution is -2.26. The summed E-state index contributed by atoms with van der Waals surface area (Å²) in [5, 5.41) is 8.54. The van der Waals surface area contributed by atoms with Gasteiger partial charge in [-0.1, -0.05) is 92.5 Å². The van der Waals surface area contributed by atoms with Crippen molar-refractivity contribution in [3.8, 4) is 0 Å². The number of aliphatic hydroxyl groups is 1. The average molecular weight is 595 g/mol. The fourth-order valence-corrected chi connectivity index (χ4v) is 1.59. The molecule has 2 aromatic rings. The molecule has 2 aromatic carbocycles. The van der Waals surface area contributed by atoms with Crippen LogP contribution in [0.2, 0.25) is 0 Å². The average Bonchev–Trinajstić information content (AvgIpc) is 2.67. The van der Waals surface area contributed by atoms with Crippen LogP contribution in [0.3, 0.4) is 0 Å². The van der Waals surface area contributed by atoms with Gasteiger partial charge in [0.2, 0.25) is 4.69 Å². The number of carbonyl (C=O) groups is 2. The third kappa shape index (κ3) is 14.6. The van der Waals surface area contributed by atoms with E-state index in [1.54, 1.807) is 27.7 Å². The Balaban J connectivity index is 0.000000444. The molecule has 2 rings (SSSR count). The third-order valence-corrected chi connectivity index (χ3v) is 5.40. The molecule has 0 aliphatic heterocycles. The van der Waals surface area contributed by atoms with Crippen LogP contribution in [0.5, 0.6) is 0 Å². The van der Waals surface area contributed by atoms with E-state index in [1.165, 1.54) is 0 Å². The van der Waals surface area contributed by atoms with Gasteiger partial charge in [0, 0.05) is 0 Å². The molecule has 0 fully saturated rings. The Morgan fingerprint density at radius 3 is 1.48 bits per heavy atom. The van der Waals surface area contributed by atoms with Crippen molar-refractivity contribution in [1.82, 2.24) is 0 Å². The van der Waals surface area contributed by atoms with Crippen LogP contribution < -0.4 is 0 Å². The maximum absolute atomic E-state index is 11.4. The maximum Gasteiger partial charge on any atom is 0.322 e. The molecular formula is C22H27Br3O4. The Morgan fingerprint density at radius 2 is 1.21 bits per heavy atom. The Morgan fingerprint density at radius 1 is 0.828 bits per heavy atom. The summed E-state index contributed by atoms with van der Waals surface area (Å²) >= 11 is 9.20. The SMILES string of the molecule is CC(C)(Br)C(=O)Br.CC(C)(Br)C(=O)OCc1ccccc1.OCc1ccccc1. The molecule has 7 heteroatoms. The number of hydrogen-bond acceptors (Lipinski definition) is 4. The van der Waals surface area contributed by atoms with E-state index in [4.69, 9.17) is 9.84 Å². The molecule has 0 saturated carbocycles. The summed E-state index contributed by atoms with van der Waals surface area (Å²) < 4.78 is 4.06. The number of benzene rings is 2. The molecule has 0 atom stereocenters. The molecule has 0 unspecified atom stereocenters. The lowest BCUT2D eigenvalue weighted by Gasteiger charge is -2.14. The van der Waals surface area contributed by atoms with Gasteiger partial charge in [0.05, 0.1) is 10.9 Å². The number of hydrogen-bond donors (Lipinski definition) is 1. The van der Waals surface area contributed by atoms with Gasteiger partial charge in [-0.2, -0.15) is 0 Å². The number of esters is 1. The zero-order chi connectivity index (χ0) is 22.5. The van der Waals surface area contributed by atoms with Crippen molar-refractivity contribution in [2.75, 3.05) is 0 Å². The van der Waals surface area contributed by atoms with E-state index in [0.717, 1.165) is 11.1 Å². The molecule has 1 N–H and O–H groups in total. The molecule has 0 radical (unpaired) electrons. The molecule has 29 heavy (non-hydrogen) atoms. The molecule has 0 spiro atoms. The highest BCUT2D eigenvalue weighted by Gasteiger charge is 2.25. The molecule has 0 amide bonds. The smallest absolute Gasteiger partial charge is 0.322 e. The lowest BCUT2D eigenvalue weighted by molar-refractivity contribution is -0.146. The van der Waals surface area contributed by atoms with Crippen LogP contribution >= 0.6 is 47.8 Å². The van der Waals surface area contributed by atoms with Crippen LogP contribution in [0, 0.1) is 0 Å². The summed E-state index contributed by atoms with van der Waals surface area (Å²) in [5.41, 5.74) is 1.96. The minimum atomic E-state index is -0.609. The molecule has 0 bridgehead atoms. The summed E-state index contributed by atoms with van der Waals surface area (Å²) in [6, 6.07) is 19.1. The second kappa shape index (κ2) is 14.1. The minimum Gasteiger partial charge on any atom is -0.460 e. The first kappa shape index (κ1) is 28.0. The van der Waals surface area contributed by atoms with Gasteiger partial charge in [0.15, 0.2) is 0 Å². The van der Waals surface area contributed by atoms with E-state index in [2.05, 4.69) is 47.8 Å². The molecule has 0 heterocycles. The normalized spacial score (nSPS) is 10.6. The van der Waals surface area contributed by atoms with E-state index in [9.17, 15) is 9.59 Å². The number of halogens is 3. The second-order valence-corrected chi connectivity index (χ2v) is 11.6. The van der Waals surface area contributed by atoms with E-state index in [1.807, 2.05) is 60.7 Å². The predicted molar refractivity (Wildman–Crippen MR) is 129 cm³/mol. The van der Waals surface area contributed by atoms with Crippen molar-refractivity contribution < 1.29 is 19.4 Å². The van der Waals surface area contributed by atoms with Crippen LogP contribution in [0.25, 0.3) is 0 Å². The van der Waals surface area contributed by atoms with Gasteiger partial charge in [0.1, 0.15) is 10.9 Å². The van der Waals surface area contributed by atoms with Crippen molar-refractivity contribution in [1.29, 1.82) is 0 Å². The van der Waals surface area contributed by atoms with Crippen LogP contribution in [0.1, 0.15) is 38.8 Å². The first-order valence-electron chi connectivity index (χ1n) is 8.81. The van der Waals surface area contributed by atoms with Crippen molar-refractivity contribution in [3.05, 3.63) is 71.8 Å². The van der Waals surface area contributed by atoms with Crippen LogP contribution in [-0.4, -0.2) is 24.4 Å². The van der Waals surface area contributed by atoms with Gasteiger partial charge in [-0.15, -0.1) is 0 Å². The van der Waals surface area contributed by atoms with Crippen molar-refractivity contribution in [3.63, 3.8) is 0 Å². The Kier molecular flexibility index (Phi) is 13.6. The van der Waals surface area contributed by atoms with Crippen LogP contribution in [0.15, 0.2) is 60.7 Å². The Hall–Kier alpha value is -1.02. The van der Waals surface area contributed by atoms with Gasteiger partial charge in [-0.3, -0.25) is 9.59 Å². The molecule has 160 valence electrons. The standard InChI is InChI=1S/C11H13BrO2.C7H8O.C4H6Br2O/c1-11(2,12)10(13)14-8-9-6-4-3-5-7-9;8-6-7-4-2-1-3-5-7;1-4(2,6)3(5)7/h3-7H,8H2,1-2H3;1-5,8H,6H2;1-2H3. The van der Waals surface area contributed by atoms with Gasteiger partial charge in [0.25, 0.3) is 0 Å². The third-order valence-electron chi connectivity index (χ3n) is 3.19. The maximum atomic E-state index is 11.4. The van der Waals surface area contributed by atoms with E-state index in [0.29, 0.717) is 6.61 Å². The molecule has 0 aliphatic rings. The number of alkyl halides is 2. The van der Waals surface area contributed by atoms with Gasteiger partial charge < -0.3 is 9.84 Å². The first-order valence-corrected chi connectivity index (χ1v) is 11.2. The van der Waals surface area contributed by atoms with Gasteiger partial charge in [-0.05, 0) is 54.8 Å². The largest absolute Gasteiger partial charge is 0.460 e. The fourth-order valence-electron chi connectivity index (χ4n) is 1.48. The summed E-state index contributed by atoms with van der Waals surface area (Å²) in [5.74, 6) is -0.249. The van der Waals surface area contributed by atoms with Crippen molar-refractivity contribution in [2.45, 2.75) is 49.6 Å².